The first-order chi connectivity index (χ1) is 5.58. The van der Waals surface area contributed by atoms with Gasteiger partial charge < -0.3 is 4.57 Å². The van der Waals surface area contributed by atoms with Crippen molar-refractivity contribution in [1.82, 2.24) is 9.55 Å². The minimum Gasteiger partial charge on any atom is -0.336 e. The third-order valence-corrected chi connectivity index (χ3v) is 1.77. The topological polar surface area (TPSA) is 47.2 Å². The van der Waals surface area contributed by atoms with Gasteiger partial charge in [0.15, 0.2) is 0 Å². The Morgan fingerprint density at radius 2 is 2.33 bits per heavy atom. The molecule has 0 saturated heterocycles. The van der Waals surface area contributed by atoms with Crippen molar-refractivity contribution in [3.63, 3.8) is 0 Å². The van der Waals surface area contributed by atoms with Crippen LogP contribution >= 0.6 is 0 Å². The van der Waals surface area contributed by atoms with Crippen molar-refractivity contribution in [2.24, 2.45) is 12.0 Å². The van der Waals surface area contributed by atoms with Gasteiger partial charge in [0, 0.05) is 7.05 Å². The Labute approximate surface area is 71.0 Å². The first-order valence-electron chi connectivity index (χ1n) is 3.64. The highest BCUT2D eigenvalue weighted by atomic mass is 16.1. The summed E-state index contributed by atoms with van der Waals surface area (Å²) in [4.78, 5) is 17.7. The normalized spacial score (nSPS) is 10.9. The molecule has 0 aliphatic carbocycles. The molecule has 0 unspecified atom stereocenters. The molecule has 0 aliphatic heterocycles. The summed E-state index contributed by atoms with van der Waals surface area (Å²) in [6, 6.07) is 0. The van der Waals surface area contributed by atoms with Crippen molar-refractivity contribution in [1.29, 1.82) is 0 Å². The smallest absolute Gasteiger partial charge is 0.235 e. The van der Waals surface area contributed by atoms with E-state index in [1.165, 1.54) is 0 Å². The molecule has 1 heterocycles. The fraction of sp³-hybridized carbons (Fsp3) is 0.500. The fourth-order valence-electron chi connectivity index (χ4n) is 1.12. The molecule has 4 nitrogen and oxygen atoms in total. The van der Waals surface area contributed by atoms with Crippen LogP contribution in [0.1, 0.15) is 19.5 Å². The summed E-state index contributed by atoms with van der Waals surface area (Å²) in [7, 11) is 1.87. The van der Waals surface area contributed by atoms with Crippen molar-refractivity contribution in [3.05, 3.63) is 18.2 Å². The van der Waals surface area contributed by atoms with E-state index in [4.69, 9.17) is 0 Å². The average molecular weight is 165 g/mol. The van der Waals surface area contributed by atoms with Gasteiger partial charge in [-0.2, -0.15) is 4.99 Å². The van der Waals surface area contributed by atoms with Crippen LogP contribution in [-0.4, -0.2) is 15.6 Å². The minimum absolute atomic E-state index is 0.535. The van der Waals surface area contributed by atoms with E-state index in [0.29, 0.717) is 0 Å². The highest BCUT2D eigenvalue weighted by Crippen LogP contribution is 2.22. The molecule has 1 aromatic rings. The number of imidazole rings is 1. The van der Waals surface area contributed by atoms with Crippen molar-refractivity contribution >= 4 is 6.08 Å². The zero-order chi connectivity index (χ0) is 9.19. The SMILES string of the molecule is Cn1cncc1C(C)(C)N=C=O. The highest BCUT2D eigenvalue weighted by Gasteiger charge is 2.22. The molecule has 0 bridgehead atoms. The number of isocyanates is 1. The van der Waals surface area contributed by atoms with Gasteiger partial charge in [-0.25, -0.2) is 9.78 Å². The van der Waals surface area contributed by atoms with Crippen LogP contribution < -0.4 is 0 Å². The van der Waals surface area contributed by atoms with Gasteiger partial charge in [-0.15, -0.1) is 0 Å². The van der Waals surface area contributed by atoms with Crippen LogP contribution in [0.2, 0.25) is 0 Å². The molecule has 0 aromatic carbocycles. The maximum absolute atomic E-state index is 10.1. The van der Waals surface area contributed by atoms with E-state index in [1.807, 2.05) is 25.5 Å². The minimum atomic E-state index is -0.535. The predicted molar refractivity (Wildman–Crippen MR) is 44.4 cm³/mol. The maximum Gasteiger partial charge on any atom is 0.235 e. The first kappa shape index (κ1) is 8.68. The zero-order valence-corrected chi connectivity index (χ0v) is 7.40. The van der Waals surface area contributed by atoms with Gasteiger partial charge in [-0.1, -0.05) is 0 Å². The van der Waals surface area contributed by atoms with Gasteiger partial charge in [0.2, 0.25) is 6.08 Å². The van der Waals surface area contributed by atoms with Crippen molar-refractivity contribution < 1.29 is 4.79 Å². The molecule has 0 radical (unpaired) electrons. The molecular formula is C8H11N3O. The second-order valence-corrected chi connectivity index (χ2v) is 3.15. The summed E-state index contributed by atoms with van der Waals surface area (Å²) in [5.74, 6) is 0. The Bertz CT molecular complexity index is 321. The molecule has 0 aliphatic rings. The maximum atomic E-state index is 10.1. The molecule has 0 spiro atoms. The van der Waals surface area contributed by atoms with Crippen molar-refractivity contribution in [3.8, 4) is 0 Å². The van der Waals surface area contributed by atoms with E-state index in [-0.39, 0.29) is 0 Å². The zero-order valence-electron chi connectivity index (χ0n) is 7.40. The lowest BCUT2D eigenvalue weighted by Crippen LogP contribution is -2.17. The summed E-state index contributed by atoms with van der Waals surface area (Å²) in [6.07, 6.45) is 4.93. The Kier molecular flexibility index (Phi) is 2.11. The molecule has 12 heavy (non-hydrogen) atoms. The number of hydrogen-bond acceptors (Lipinski definition) is 3. The number of aromatic nitrogens is 2. The lowest BCUT2D eigenvalue weighted by atomic mass is 10.0. The first-order valence-corrected chi connectivity index (χ1v) is 3.64. The largest absolute Gasteiger partial charge is 0.336 e. The van der Waals surface area contributed by atoms with E-state index in [0.717, 1.165) is 5.69 Å². The van der Waals surface area contributed by atoms with Crippen LogP contribution in [-0.2, 0) is 17.4 Å². The van der Waals surface area contributed by atoms with Crippen LogP contribution in [0.15, 0.2) is 17.5 Å². The Morgan fingerprint density at radius 3 is 2.75 bits per heavy atom. The summed E-state index contributed by atoms with van der Waals surface area (Å²) in [5.41, 5.74) is 0.360. The van der Waals surface area contributed by atoms with E-state index in [2.05, 4.69) is 9.98 Å². The molecule has 1 rings (SSSR count). The summed E-state index contributed by atoms with van der Waals surface area (Å²) in [6.45, 7) is 3.68. The second-order valence-electron chi connectivity index (χ2n) is 3.15. The molecule has 1 aromatic heterocycles. The van der Waals surface area contributed by atoms with E-state index < -0.39 is 5.54 Å². The van der Waals surface area contributed by atoms with E-state index in [1.54, 1.807) is 18.6 Å². The molecular weight excluding hydrogens is 154 g/mol. The van der Waals surface area contributed by atoms with Crippen molar-refractivity contribution in [2.75, 3.05) is 0 Å². The third kappa shape index (κ3) is 1.43. The monoisotopic (exact) mass is 165 g/mol. The number of nitrogens with zero attached hydrogens (tertiary/aromatic N) is 3. The van der Waals surface area contributed by atoms with Crippen LogP contribution in [0.25, 0.3) is 0 Å². The summed E-state index contributed by atoms with van der Waals surface area (Å²) < 4.78 is 1.83. The van der Waals surface area contributed by atoms with Gasteiger partial charge in [-0.05, 0) is 13.8 Å². The van der Waals surface area contributed by atoms with Crippen LogP contribution in [0.3, 0.4) is 0 Å². The molecule has 4 heteroatoms. The molecule has 0 atom stereocenters. The summed E-state index contributed by atoms with van der Waals surface area (Å²) in [5, 5.41) is 0. The number of rotatable bonds is 2. The number of hydrogen-bond donors (Lipinski definition) is 0. The van der Waals surface area contributed by atoms with Gasteiger partial charge in [0.25, 0.3) is 0 Å². The molecule has 0 amide bonds. The second kappa shape index (κ2) is 2.91. The van der Waals surface area contributed by atoms with E-state index in [9.17, 15) is 4.79 Å². The Balaban J connectivity index is 3.12. The third-order valence-electron chi connectivity index (χ3n) is 1.77. The van der Waals surface area contributed by atoms with Crippen LogP contribution in [0, 0.1) is 0 Å². The lowest BCUT2D eigenvalue weighted by Gasteiger charge is -2.17. The number of aliphatic imine (C=N–C) groups is 1. The molecule has 64 valence electrons. The van der Waals surface area contributed by atoms with Gasteiger partial charge in [-0.3, -0.25) is 0 Å². The molecule has 0 saturated carbocycles. The van der Waals surface area contributed by atoms with Gasteiger partial charge in [0.05, 0.1) is 18.2 Å². The Hall–Kier alpha value is -1.41. The molecule has 0 fully saturated rings. The number of carbonyl (C=O) groups excluding carboxylic acids is 1. The fourth-order valence-corrected chi connectivity index (χ4v) is 1.12. The quantitative estimate of drug-likeness (QED) is 0.484. The van der Waals surface area contributed by atoms with Gasteiger partial charge >= 0.3 is 0 Å². The summed E-state index contributed by atoms with van der Waals surface area (Å²) >= 11 is 0. The van der Waals surface area contributed by atoms with Gasteiger partial charge in [0.1, 0.15) is 5.54 Å². The number of aryl methyl sites for hydroxylation is 1. The van der Waals surface area contributed by atoms with Crippen molar-refractivity contribution in [2.45, 2.75) is 19.4 Å². The molecule has 0 N–H and O–H groups in total. The van der Waals surface area contributed by atoms with Crippen LogP contribution in [0.4, 0.5) is 0 Å². The van der Waals surface area contributed by atoms with Crippen LogP contribution in [0.5, 0.6) is 0 Å². The standard InChI is InChI=1S/C8H11N3O/c1-8(2,10-6-12)7-4-9-5-11(7)3/h4-5H,1-3H3. The van der Waals surface area contributed by atoms with E-state index >= 15 is 0 Å². The Morgan fingerprint density at radius 1 is 1.67 bits per heavy atom. The lowest BCUT2D eigenvalue weighted by molar-refractivity contribution is 0.498. The average Bonchev–Trinajstić information content (AvgIpc) is 2.35. The highest BCUT2D eigenvalue weighted by molar-refractivity contribution is 5.36. The predicted octanol–water partition coefficient (Wildman–Crippen LogP) is 0.991.